The Balaban J connectivity index is 2.27. The fourth-order valence-electron chi connectivity index (χ4n) is 2.06. The third kappa shape index (κ3) is 4.90. The number of carbonyl (C=O) groups excluding carboxylic acids is 1. The molecule has 2 rings (SSSR count). The Morgan fingerprint density at radius 1 is 1.16 bits per heavy atom. The smallest absolute Gasteiger partial charge is 0.266 e. The Kier molecular flexibility index (Phi) is 6.36. The molecule has 25 heavy (non-hydrogen) atoms. The minimum absolute atomic E-state index is 0.0124. The van der Waals surface area contributed by atoms with E-state index >= 15 is 0 Å². The Hall–Kier alpha value is -1.71. The molecular weight excluding hydrogens is 391 g/mol. The minimum Gasteiger partial charge on any atom is -0.395 e. The van der Waals surface area contributed by atoms with Crippen LogP contribution < -0.4 is 4.72 Å². The maximum absolute atomic E-state index is 12.5. The van der Waals surface area contributed by atoms with Crippen LogP contribution in [0.3, 0.4) is 0 Å². The molecule has 0 spiro atoms. The molecule has 2 aromatic rings. The first-order valence-electron chi connectivity index (χ1n) is 6.95. The fourth-order valence-corrected chi connectivity index (χ4v) is 3.81. The van der Waals surface area contributed by atoms with E-state index < -0.39 is 27.8 Å². The van der Waals surface area contributed by atoms with Crippen molar-refractivity contribution in [1.82, 2.24) is 9.71 Å². The van der Waals surface area contributed by atoms with Crippen LogP contribution in [0, 0.1) is 0 Å². The number of carbonyl (C=O) groups is 1. The summed E-state index contributed by atoms with van der Waals surface area (Å²) in [4.78, 5) is 15.9. The summed E-state index contributed by atoms with van der Waals surface area (Å²) in [5, 5.41) is 17.4. The Labute approximate surface area is 154 Å². The standard InChI is InChI=1S/C15H14Cl2N2O5S/c16-11-3-10(4-12(17)5-11)14(8-21)25(23,24)19-15(22)9-1-2-13(7-20)18-6-9/h1-6,14,20-21H,7-8H2,(H,19,22). The molecule has 1 atom stereocenters. The first-order chi connectivity index (χ1) is 11.8. The Bertz CT molecular complexity index is 852. The number of amides is 1. The number of halogens is 2. The third-order valence-corrected chi connectivity index (χ3v) is 5.36. The maximum Gasteiger partial charge on any atom is 0.266 e. The topological polar surface area (TPSA) is 117 Å². The molecule has 0 saturated heterocycles. The summed E-state index contributed by atoms with van der Waals surface area (Å²) in [6, 6.07) is 6.82. The van der Waals surface area contributed by atoms with Crippen molar-refractivity contribution in [1.29, 1.82) is 0 Å². The molecule has 134 valence electrons. The number of sulfonamides is 1. The van der Waals surface area contributed by atoms with Crippen LogP contribution in [-0.2, 0) is 16.6 Å². The fraction of sp³-hybridized carbons (Fsp3) is 0.200. The molecule has 1 amide bonds. The molecule has 0 fully saturated rings. The lowest BCUT2D eigenvalue weighted by Gasteiger charge is -2.17. The summed E-state index contributed by atoms with van der Waals surface area (Å²) in [5.74, 6) is -0.913. The lowest BCUT2D eigenvalue weighted by atomic mass is 10.1. The normalized spacial score (nSPS) is 12.6. The second kappa shape index (κ2) is 8.11. The highest BCUT2D eigenvalue weighted by atomic mass is 35.5. The molecule has 0 bridgehead atoms. The maximum atomic E-state index is 12.5. The zero-order chi connectivity index (χ0) is 18.6. The van der Waals surface area contributed by atoms with Gasteiger partial charge in [0, 0.05) is 16.2 Å². The van der Waals surface area contributed by atoms with E-state index in [4.69, 9.17) is 28.3 Å². The van der Waals surface area contributed by atoms with Gasteiger partial charge in [-0.05, 0) is 35.9 Å². The van der Waals surface area contributed by atoms with E-state index in [9.17, 15) is 18.3 Å². The molecule has 0 aliphatic rings. The highest BCUT2D eigenvalue weighted by Gasteiger charge is 2.29. The van der Waals surface area contributed by atoms with Crippen molar-refractivity contribution in [2.24, 2.45) is 0 Å². The predicted octanol–water partition coefficient (Wildman–Crippen LogP) is 1.67. The largest absolute Gasteiger partial charge is 0.395 e. The van der Waals surface area contributed by atoms with E-state index in [0.29, 0.717) is 5.69 Å². The molecule has 1 heterocycles. The molecule has 0 radical (unpaired) electrons. The van der Waals surface area contributed by atoms with Gasteiger partial charge >= 0.3 is 0 Å². The number of aliphatic hydroxyl groups is 2. The first kappa shape index (κ1) is 19.6. The summed E-state index contributed by atoms with van der Waals surface area (Å²) in [7, 11) is -4.27. The zero-order valence-electron chi connectivity index (χ0n) is 12.7. The van der Waals surface area contributed by atoms with Crippen LogP contribution in [0.25, 0.3) is 0 Å². The average Bonchev–Trinajstić information content (AvgIpc) is 2.54. The van der Waals surface area contributed by atoms with Crippen LogP contribution in [0.4, 0.5) is 0 Å². The second-order valence-corrected chi connectivity index (χ2v) is 7.78. The van der Waals surface area contributed by atoms with Gasteiger partial charge in [-0.2, -0.15) is 0 Å². The summed E-state index contributed by atoms with van der Waals surface area (Å²) in [5.41, 5.74) is 0.469. The van der Waals surface area contributed by atoms with Gasteiger partial charge in [-0.3, -0.25) is 9.78 Å². The summed E-state index contributed by atoms with van der Waals surface area (Å²) >= 11 is 11.7. The quantitative estimate of drug-likeness (QED) is 0.673. The van der Waals surface area contributed by atoms with Crippen LogP contribution in [0.2, 0.25) is 10.0 Å². The first-order valence-corrected chi connectivity index (χ1v) is 9.25. The minimum atomic E-state index is -4.27. The van der Waals surface area contributed by atoms with E-state index in [0.717, 1.165) is 6.20 Å². The monoisotopic (exact) mass is 404 g/mol. The van der Waals surface area contributed by atoms with E-state index in [1.54, 1.807) is 0 Å². The number of aliphatic hydroxyl groups excluding tert-OH is 2. The highest BCUT2D eigenvalue weighted by Crippen LogP contribution is 2.27. The Morgan fingerprint density at radius 3 is 2.28 bits per heavy atom. The van der Waals surface area contributed by atoms with Crippen molar-refractivity contribution >= 4 is 39.1 Å². The Morgan fingerprint density at radius 2 is 1.80 bits per heavy atom. The number of nitrogens with zero attached hydrogens (tertiary/aromatic N) is 1. The number of aromatic nitrogens is 1. The third-order valence-electron chi connectivity index (χ3n) is 3.28. The van der Waals surface area contributed by atoms with Crippen LogP contribution in [0.1, 0.15) is 26.9 Å². The molecule has 1 unspecified atom stereocenters. The van der Waals surface area contributed by atoms with Gasteiger partial charge in [0.1, 0.15) is 5.25 Å². The number of hydrogen-bond donors (Lipinski definition) is 3. The molecule has 0 aliphatic heterocycles. The van der Waals surface area contributed by atoms with Gasteiger partial charge in [0.15, 0.2) is 0 Å². The van der Waals surface area contributed by atoms with Crippen LogP contribution >= 0.6 is 23.2 Å². The molecular formula is C15H14Cl2N2O5S. The zero-order valence-corrected chi connectivity index (χ0v) is 15.0. The van der Waals surface area contributed by atoms with Crippen molar-refractivity contribution in [2.75, 3.05) is 6.61 Å². The van der Waals surface area contributed by atoms with Crippen LogP contribution in [0.15, 0.2) is 36.5 Å². The van der Waals surface area contributed by atoms with Gasteiger partial charge in [-0.25, -0.2) is 13.1 Å². The van der Waals surface area contributed by atoms with E-state index in [1.807, 2.05) is 4.72 Å². The van der Waals surface area contributed by atoms with Crippen LogP contribution in [-0.4, -0.2) is 36.1 Å². The molecule has 0 aliphatic carbocycles. The molecule has 1 aromatic heterocycles. The van der Waals surface area contributed by atoms with Crippen molar-refractivity contribution in [3.8, 4) is 0 Å². The number of hydrogen-bond acceptors (Lipinski definition) is 6. The number of rotatable bonds is 6. The van der Waals surface area contributed by atoms with Gasteiger partial charge in [-0.15, -0.1) is 0 Å². The van der Waals surface area contributed by atoms with E-state index in [-0.39, 0.29) is 27.8 Å². The lowest BCUT2D eigenvalue weighted by Crippen LogP contribution is -2.35. The lowest BCUT2D eigenvalue weighted by molar-refractivity contribution is 0.0980. The number of nitrogens with one attached hydrogen (secondary N) is 1. The predicted molar refractivity (Wildman–Crippen MR) is 92.8 cm³/mol. The van der Waals surface area contributed by atoms with Crippen molar-refractivity contribution in [3.63, 3.8) is 0 Å². The van der Waals surface area contributed by atoms with Gasteiger partial charge in [0.05, 0.1) is 24.5 Å². The van der Waals surface area contributed by atoms with Gasteiger partial charge in [-0.1, -0.05) is 23.2 Å². The molecule has 0 saturated carbocycles. The van der Waals surface area contributed by atoms with Crippen molar-refractivity contribution in [2.45, 2.75) is 11.9 Å². The highest BCUT2D eigenvalue weighted by molar-refractivity contribution is 7.90. The van der Waals surface area contributed by atoms with Gasteiger partial charge in [0.2, 0.25) is 10.0 Å². The number of benzene rings is 1. The SMILES string of the molecule is O=C(NS(=O)(=O)C(CO)c1cc(Cl)cc(Cl)c1)c1ccc(CO)nc1. The van der Waals surface area contributed by atoms with Crippen LogP contribution in [0.5, 0.6) is 0 Å². The summed E-state index contributed by atoms with van der Waals surface area (Å²) in [6.07, 6.45) is 1.14. The van der Waals surface area contributed by atoms with Crippen molar-refractivity contribution in [3.05, 3.63) is 63.4 Å². The summed E-state index contributed by atoms with van der Waals surface area (Å²) < 4.78 is 26.8. The van der Waals surface area contributed by atoms with Crippen molar-refractivity contribution < 1.29 is 23.4 Å². The van der Waals surface area contributed by atoms with E-state index in [2.05, 4.69) is 4.98 Å². The molecule has 7 nitrogen and oxygen atoms in total. The number of pyridine rings is 1. The molecule has 3 N–H and O–H groups in total. The molecule has 1 aromatic carbocycles. The summed E-state index contributed by atoms with van der Waals surface area (Å²) in [6.45, 7) is -1.08. The van der Waals surface area contributed by atoms with Gasteiger partial charge in [0.25, 0.3) is 5.91 Å². The van der Waals surface area contributed by atoms with Gasteiger partial charge < -0.3 is 10.2 Å². The molecule has 10 heteroatoms. The van der Waals surface area contributed by atoms with E-state index in [1.165, 1.54) is 30.3 Å². The second-order valence-electron chi connectivity index (χ2n) is 5.05. The average molecular weight is 405 g/mol.